The number of anilines is 3. The molecule has 12 nitrogen and oxygen atoms in total. The van der Waals surface area contributed by atoms with Crippen LogP contribution >= 0.6 is 0 Å². The molecule has 0 fully saturated rings. The number of aliphatic carboxylic acids is 1. The second-order valence-electron chi connectivity index (χ2n) is 9.74. The van der Waals surface area contributed by atoms with Crippen molar-refractivity contribution in [3.63, 3.8) is 0 Å². The van der Waals surface area contributed by atoms with E-state index in [0.29, 0.717) is 33.9 Å². The first-order valence-electron chi connectivity index (χ1n) is 13.4. The minimum absolute atomic E-state index is 0.000345. The second-order valence-corrected chi connectivity index (χ2v) is 11.5. The number of benzene rings is 3. The van der Waals surface area contributed by atoms with Crippen molar-refractivity contribution in [2.24, 2.45) is 0 Å². The Bertz CT molecular complexity index is 1750. The zero-order valence-electron chi connectivity index (χ0n) is 23.9. The average molecular weight is 618 g/mol. The lowest BCUT2D eigenvalue weighted by atomic mass is 10.0. The Morgan fingerprint density at radius 3 is 2.30 bits per heavy atom. The summed E-state index contributed by atoms with van der Waals surface area (Å²) in [6, 6.07) is 19.9. The molecule has 0 aliphatic carbocycles. The second kappa shape index (κ2) is 14.3. The van der Waals surface area contributed by atoms with Crippen LogP contribution in [-0.2, 0) is 26.0 Å². The Balaban J connectivity index is 1.38. The fraction of sp³-hybridized carbons (Fsp3) is 0.161. The van der Waals surface area contributed by atoms with E-state index in [-0.39, 0.29) is 17.2 Å². The van der Waals surface area contributed by atoms with Gasteiger partial charge in [-0.25, -0.2) is 17.9 Å². The third kappa shape index (κ3) is 8.63. The van der Waals surface area contributed by atoms with E-state index in [1.54, 1.807) is 48.5 Å². The lowest BCUT2D eigenvalue weighted by Gasteiger charge is -2.18. The Hall–Kier alpha value is -5.27. The first-order valence-corrected chi connectivity index (χ1v) is 14.9. The number of rotatable bonds is 12. The number of hydrogen-bond acceptors (Lipinski definition) is 7. The molecule has 4 rings (SSSR count). The number of sulfonamides is 1. The maximum atomic E-state index is 12.8. The highest BCUT2D eigenvalue weighted by atomic mass is 32.2. The van der Waals surface area contributed by atoms with Crippen LogP contribution < -0.4 is 25.4 Å². The van der Waals surface area contributed by atoms with Crippen molar-refractivity contribution >= 4 is 45.0 Å². The van der Waals surface area contributed by atoms with Crippen LogP contribution in [0.15, 0.2) is 96.2 Å². The van der Waals surface area contributed by atoms with Crippen molar-refractivity contribution in [1.82, 2.24) is 9.71 Å². The van der Waals surface area contributed by atoms with Gasteiger partial charge in [-0.15, -0.1) is 0 Å². The maximum Gasteiger partial charge on any atom is 0.323 e. The summed E-state index contributed by atoms with van der Waals surface area (Å²) in [5.74, 6) is -1.15. The third-order valence-electron chi connectivity index (χ3n) is 6.49. The molecular formula is C31H31N5O7S. The van der Waals surface area contributed by atoms with Crippen LogP contribution in [0.25, 0.3) is 0 Å². The Labute approximate surface area is 254 Å². The molecule has 0 aliphatic heterocycles. The number of carbonyl (C=O) groups excluding carboxylic acids is 2. The molecular weight excluding hydrogens is 586 g/mol. The molecule has 228 valence electrons. The number of methoxy groups -OCH3 is 1. The molecule has 0 bridgehead atoms. The maximum absolute atomic E-state index is 12.8. The molecule has 0 saturated heterocycles. The number of para-hydroxylation sites is 1. The van der Waals surface area contributed by atoms with Crippen molar-refractivity contribution < 1.29 is 32.6 Å². The Morgan fingerprint density at radius 2 is 1.64 bits per heavy atom. The van der Waals surface area contributed by atoms with Crippen molar-refractivity contribution in [3.8, 4) is 5.75 Å². The van der Waals surface area contributed by atoms with E-state index in [4.69, 9.17) is 4.74 Å². The topological polar surface area (TPSA) is 176 Å². The van der Waals surface area contributed by atoms with Gasteiger partial charge in [0, 0.05) is 23.8 Å². The lowest BCUT2D eigenvalue weighted by Crippen LogP contribution is -2.30. The summed E-state index contributed by atoms with van der Waals surface area (Å²) in [7, 11) is -2.57. The number of aromatic nitrogens is 1. The number of carboxylic acid groups (broad SMARTS) is 1. The van der Waals surface area contributed by atoms with Gasteiger partial charge < -0.3 is 25.8 Å². The standard InChI is InChI=1S/C31H31N5O7S/c1-20-6-3-4-8-25(20)34-31(40)35-26-14-9-21(16-28(26)43-2)17-29(37)33-23-12-10-22(11-13-23)27(18-30(38)39)36-44(41,42)24-7-5-15-32-19-24/h3-16,19,27,36H,17-18H2,1-2H3,(H,33,37)(H,38,39)(H2,34,35,40)/t27-/m1/s1. The molecule has 0 saturated carbocycles. The van der Waals surface area contributed by atoms with Gasteiger partial charge >= 0.3 is 12.0 Å². The van der Waals surface area contributed by atoms with E-state index < -0.39 is 34.5 Å². The minimum Gasteiger partial charge on any atom is -0.495 e. The van der Waals surface area contributed by atoms with Gasteiger partial charge in [-0.1, -0.05) is 36.4 Å². The Kier molecular flexibility index (Phi) is 10.3. The molecule has 13 heteroatoms. The summed E-state index contributed by atoms with van der Waals surface area (Å²) in [6.45, 7) is 1.88. The summed E-state index contributed by atoms with van der Waals surface area (Å²) in [4.78, 5) is 40.5. The number of carboxylic acids is 1. The summed E-state index contributed by atoms with van der Waals surface area (Å²) in [5, 5.41) is 17.7. The van der Waals surface area contributed by atoms with E-state index in [1.807, 2.05) is 25.1 Å². The largest absolute Gasteiger partial charge is 0.495 e. The number of carbonyl (C=O) groups is 3. The fourth-order valence-electron chi connectivity index (χ4n) is 4.29. The summed E-state index contributed by atoms with van der Waals surface area (Å²) in [6.07, 6.45) is 2.10. The molecule has 5 N–H and O–H groups in total. The first kappa shape index (κ1) is 31.7. The predicted molar refractivity (Wildman–Crippen MR) is 165 cm³/mol. The average Bonchev–Trinajstić information content (AvgIpc) is 2.99. The van der Waals surface area contributed by atoms with E-state index in [0.717, 1.165) is 5.56 Å². The number of hydrogen-bond donors (Lipinski definition) is 5. The van der Waals surface area contributed by atoms with Crippen LogP contribution in [0.1, 0.15) is 29.2 Å². The SMILES string of the molecule is COc1cc(CC(=O)Nc2ccc([C@@H](CC(=O)O)NS(=O)(=O)c3cccnc3)cc2)ccc1NC(=O)Nc1ccccc1C. The van der Waals surface area contributed by atoms with E-state index in [9.17, 15) is 27.9 Å². The van der Waals surface area contributed by atoms with Crippen LogP contribution in [0.2, 0.25) is 0 Å². The van der Waals surface area contributed by atoms with Gasteiger partial charge in [0.25, 0.3) is 0 Å². The molecule has 44 heavy (non-hydrogen) atoms. The van der Waals surface area contributed by atoms with Crippen LogP contribution in [-0.4, -0.2) is 43.5 Å². The summed E-state index contributed by atoms with van der Waals surface area (Å²) >= 11 is 0. The van der Waals surface area contributed by atoms with Crippen LogP contribution in [0.4, 0.5) is 21.9 Å². The smallest absolute Gasteiger partial charge is 0.323 e. The van der Waals surface area contributed by atoms with Gasteiger partial charge in [-0.2, -0.15) is 0 Å². The molecule has 0 spiro atoms. The van der Waals surface area contributed by atoms with Crippen molar-refractivity contribution in [2.75, 3.05) is 23.1 Å². The number of pyridine rings is 1. The first-order chi connectivity index (χ1) is 21.0. The van der Waals surface area contributed by atoms with Gasteiger partial charge in [-0.3, -0.25) is 14.6 Å². The predicted octanol–water partition coefficient (Wildman–Crippen LogP) is 4.72. The van der Waals surface area contributed by atoms with Gasteiger partial charge in [0.05, 0.1) is 31.7 Å². The molecule has 0 radical (unpaired) electrons. The summed E-state index contributed by atoms with van der Waals surface area (Å²) < 4.78 is 33.3. The molecule has 1 atom stereocenters. The zero-order chi connectivity index (χ0) is 31.7. The molecule has 0 unspecified atom stereocenters. The van der Waals surface area contributed by atoms with Crippen molar-refractivity contribution in [1.29, 1.82) is 0 Å². The van der Waals surface area contributed by atoms with Crippen LogP contribution in [0, 0.1) is 6.92 Å². The number of nitrogens with one attached hydrogen (secondary N) is 4. The number of nitrogens with zero attached hydrogens (tertiary/aromatic N) is 1. The number of ether oxygens (including phenoxy) is 1. The summed E-state index contributed by atoms with van der Waals surface area (Å²) in [5.41, 5.74) is 3.48. The highest BCUT2D eigenvalue weighted by Gasteiger charge is 2.24. The number of amides is 3. The normalized spacial score (nSPS) is 11.7. The zero-order valence-corrected chi connectivity index (χ0v) is 24.7. The molecule has 1 heterocycles. The van der Waals surface area contributed by atoms with Gasteiger partial charge in [0.2, 0.25) is 15.9 Å². The van der Waals surface area contributed by atoms with Gasteiger partial charge in [0.15, 0.2) is 0 Å². The van der Waals surface area contributed by atoms with E-state index in [1.165, 1.54) is 31.6 Å². The van der Waals surface area contributed by atoms with E-state index >= 15 is 0 Å². The minimum atomic E-state index is -4.03. The highest BCUT2D eigenvalue weighted by Crippen LogP contribution is 2.27. The van der Waals surface area contributed by atoms with E-state index in [2.05, 4.69) is 25.7 Å². The molecule has 1 aromatic heterocycles. The van der Waals surface area contributed by atoms with Gasteiger partial charge in [0.1, 0.15) is 10.6 Å². The number of urea groups is 1. The lowest BCUT2D eigenvalue weighted by molar-refractivity contribution is -0.137. The molecule has 0 aliphatic rings. The third-order valence-corrected chi connectivity index (χ3v) is 7.95. The van der Waals surface area contributed by atoms with Crippen LogP contribution in [0.5, 0.6) is 5.75 Å². The van der Waals surface area contributed by atoms with Crippen molar-refractivity contribution in [3.05, 3.63) is 108 Å². The quantitative estimate of drug-likeness (QED) is 0.152. The van der Waals surface area contributed by atoms with Gasteiger partial charge in [-0.05, 0) is 66.1 Å². The van der Waals surface area contributed by atoms with Crippen molar-refractivity contribution in [2.45, 2.75) is 30.7 Å². The highest BCUT2D eigenvalue weighted by molar-refractivity contribution is 7.89. The molecule has 3 amide bonds. The molecule has 3 aromatic carbocycles. The monoisotopic (exact) mass is 617 g/mol. The van der Waals surface area contributed by atoms with Crippen LogP contribution in [0.3, 0.4) is 0 Å². The number of aryl methyl sites for hydroxylation is 1. The fourth-order valence-corrected chi connectivity index (χ4v) is 5.48. The molecule has 4 aromatic rings. The Morgan fingerprint density at radius 1 is 0.909 bits per heavy atom.